The molecule has 0 aromatic heterocycles. The van der Waals surface area contributed by atoms with Gasteiger partial charge in [-0.15, -0.1) is 0 Å². The molecule has 0 aromatic carbocycles. The van der Waals surface area contributed by atoms with Crippen molar-refractivity contribution in [2.24, 2.45) is 0 Å². The Hall–Kier alpha value is -0.820. The van der Waals surface area contributed by atoms with E-state index in [1.807, 2.05) is 13.8 Å². The average molecular weight is 268 g/mol. The molecule has 0 aliphatic carbocycles. The van der Waals surface area contributed by atoms with Gasteiger partial charge in [0.25, 0.3) is 0 Å². The van der Waals surface area contributed by atoms with E-state index < -0.39 is 24.6 Å². The third-order valence-electron chi connectivity index (χ3n) is 3.39. The van der Waals surface area contributed by atoms with Gasteiger partial charge in [-0.2, -0.15) is 13.2 Å². The highest BCUT2D eigenvalue weighted by atomic mass is 19.4. The highest BCUT2D eigenvalue weighted by Gasteiger charge is 2.46. The quantitative estimate of drug-likeness (QED) is 0.837. The van der Waals surface area contributed by atoms with E-state index in [2.05, 4.69) is 4.90 Å². The number of aliphatic carboxylic acids is 1. The van der Waals surface area contributed by atoms with Gasteiger partial charge in [0.1, 0.15) is 6.04 Å². The minimum atomic E-state index is -4.49. The Balaban J connectivity index is 2.73. The van der Waals surface area contributed by atoms with Crippen molar-refractivity contribution >= 4 is 5.97 Å². The van der Waals surface area contributed by atoms with Crippen molar-refractivity contribution in [2.75, 3.05) is 26.2 Å². The summed E-state index contributed by atoms with van der Waals surface area (Å²) in [5.41, 5.74) is 0. The molecular weight excluding hydrogens is 249 g/mol. The largest absolute Gasteiger partial charge is 0.481 e. The Bertz CT molecular complexity index is 297. The van der Waals surface area contributed by atoms with Gasteiger partial charge in [0.05, 0.1) is 6.42 Å². The lowest BCUT2D eigenvalue weighted by Gasteiger charge is -2.42. The zero-order chi connectivity index (χ0) is 13.9. The van der Waals surface area contributed by atoms with Crippen molar-refractivity contribution < 1.29 is 23.1 Å². The van der Waals surface area contributed by atoms with Gasteiger partial charge in [0.15, 0.2) is 0 Å². The zero-order valence-electron chi connectivity index (χ0n) is 10.6. The van der Waals surface area contributed by atoms with Crippen LogP contribution < -0.4 is 0 Å². The van der Waals surface area contributed by atoms with Crippen molar-refractivity contribution in [1.82, 2.24) is 9.80 Å². The van der Waals surface area contributed by atoms with Gasteiger partial charge in [-0.05, 0) is 13.5 Å². The number of carboxylic acid groups (broad SMARTS) is 1. The zero-order valence-corrected chi connectivity index (χ0v) is 10.6. The summed E-state index contributed by atoms with van der Waals surface area (Å²) in [5, 5.41) is 8.60. The molecule has 106 valence electrons. The fourth-order valence-electron chi connectivity index (χ4n) is 2.39. The first-order valence-corrected chi connectivity index (χ1v) is 6.02. The first-order chi connectivity index (χ1) is 8.25. The first-order valence-electron chi connectivity index (χ1n) is 6.02. The second-order valence-electron chi connectivity index (χ2n) is 4.63. The number of carboxylic acids is 1. The van der Waals surface area contributed by atoms with E-state index in [4.69, 9.17) is 5.11 Å². The number of carbonyl (C=O) groups is 1. The number of rotatable bonds is 4. The number of piperazine rings is 1. The summed E-state index contributed by atoms with van der Waals surface area (Å²) in [6, 6.07) is -1.86. The van der Waals surface area contributed by atoms with Crippen molar-refractivity contribution in [3.63, 3.8) is 0 Å². The average Bonchev–Trinajstić information content (AvgIpc) is 2.24. The summed E-state index contributed by atoms with van der Waals surface area (Å²) < 4.78 is 38.6. The van der Waals surface area contributed by atoms with Crippen LogP contribution in [0.1, 0.15) is 20.3 Å². The molecule has 1 N–H and O–H groups in total. The second-order valence-corrected chi connectivity index (χ2v) is 4.63. The van der Waals surface area contributed by atoms with E-state index in [0.717, 1.165) is 6.54 Å². The van der Waals surface area contributed by atoms with Gasteiger partial charge in [-0.3, -0.25) is 14.6 Å². The molecule has 0 spiro atoms. The molecule has 1 heterocycles. The molecule has 1 aliphatic heterocycles. The number of likely N-dealkylation sites (N-methyl/N-ethyl adjacent to an activating group) is 1. The van der Waals surface area contributed by atoms with Gasteiger partial charge >= 0.3 is 12.1 Å². The van der Waals surface area contributed by atoms with Crippen LogP contribution in [0, 0.1) is 0 Å². The summed E-state index contributed by atoms with van der Waals surface area (Å²) >= 11 is 0. The lowest BCUT2D eigenvalue weighted by atomic mass is 10.1. The molecule has 18 heavy (non-hydrogen) atoms. The second kappa shape index (κ2) is 5.88. The predicted octanol–water partition coefficient (Wildman–Crippen LogP) is 1.42. The lowest BCUT2D eigenvalue weighted by Crippen LogP contribution is -2.58. The van der Waals surface area contributed by atoms with E-state index in [0.29, 0.717) is 6.54 Å². The maximum Gasteiger partial charge on any atom is 0.404 e. The van der Waals surface area contributed by atoms with Gasteiger partial charge in [0, 0.05) is 25.7 Å². The number of hydrogen-bond donors (Lipinski definition) is 1. The molecule has 0 radical (unpaired) electrons. The van der Waals surface area contributed by atoms with Crippen LogP contribution in [-0.2, 0) is 4.79 Å². The molecular formula is C11H19F3N2O2. The van der Waals surface area contributed by atoms with E-state index in [1.54, 1.807) is 0 Å². The SMILES string of the molecule is CCN1CCN(C(CC(=O)O)C(F)(F)F)CC1C. The summed E-state index contributed by atoms with van der Waals surface area (Å²) in [7, 11) is 0. The Morgan fingerprint density at radius 1 is 1.44 bits per heavy atom. The van der Waals surface area contributed by atoms with Crippen LogP contribution in [0.5, 0.6) is 0 Å². The van der Waals surface area contributed by atoms with Crippen LogP contribution in [0.4, 0.5) is 13.2 Å². The standard InChI is InChI=1S/C11H19F3N2O2/c1-3-15-4-5-16(7-8(15)2)9(6-10(17)18)11(12,13)14/h8-9H,3-7H2,1-2H3,(H,17,18). The Kier molecular flexibility index (Phi) is 4.98. The molecule has 2 atom stereocenters. The van der Waals surface area contributed by atoms with Crippen LogP contribution in [0.15, 0.2) is 0 Å². The molecule has 7 heteroatoms. The van der Waals surface area contributed by atoms with Crippen LogP contribution in [0.25, 0.3) is 0 Å². The number of alkyl halides is 3. The molecule has 2 unspecified atom stereocenters. The third-order valence-corrected chi connectivity index (χ3v) is 3.39. The third kappa shape index (κ3) is 3.84. The maximum atomic E-state index is 12.9. The molecule has 1 rings (SSSR count). The number of halogens is 3. The number of hydrogen-bond acceptors (Lipinski definition) is 3. The van der Waals surface area contributed by atoms with Crippen LogP contribution in [-0.4, -0.2) is 65.3 Å². The molecule has 0 amide bonds. The van der Waals surface area contributed by atoms with E-state index in [-0.39, 0.29) is 19.1 Å². The molecule has 1 saturated heterocycles. The summed E-state index contributed by atoms with van der Waals surface area (Å²) in [6.45, 7) is 5.68. The first kappa shape index (κ1) is 15.2. The van der Waals surface area contributed by atoms with Gasteiger partial charge < -0.3 is 5.11 Å². The Morgan fingerprint density at radius 2 is 2.06 bits per heavy atom. The van der Waals surface area contributed by atoms with Gasteiger partial charge in [-0.25, -0.2) is 0 Å². The smallest absolute Gasteiger partial charge is 0.404 e. The Morgan fingerprint density at radius 3 is 2.44 bits per heavy atom. The monoisotopic (exact) mass is 268 g/mol. The van der Waals surface area contributed by atoms with Crippen molar-refractivity contribution in [2.45, 2.75) is 38.5 Å². The van der Waals surface area contributed by atoms with Crippen LogP contribution in [0.2, 0.25) is 0 Å². The van der Waals surface area contributed by atoms with Crippen molar-refractivity contribution in [1.29, 1.82) is 0 Å². The molecule has 0 bridgehead atoms. The minimum absolute atomic E-state index is 0.0161. The molecule has 4 nitrogen and oxygen atoms in total. The van der Waals surface area contributed by atoms with E-state index >= 15 is 0 Å². The lowest BCUT2D eigenvalue weighted by molar-refractivity contribution is -0.195. The van der Waals surface area contributed by atoms with Gasteiger partial charge in [-0.1, -0.05) is 6.92 Å². The molecule has 1 fully saturated rings. The minimum Gasteiger partial charge on any atom is -0.481 e. The highest BCUT2D eigenvalue weighted by Crippen LogP contribution is 2.29. The molecule has 1 aliphatic rings. The Labute approximate surface area is 104 Å². The van der Waals surface area contributed by atoms with Crippen molar-refractivity contribution in [3.05, 3.63) is 0 Å². The number of nitrogens with zero attached hydrogens (tertiary/aromatic N) is 2. The fourth-order valence-corrected chi connectivity index (χ4v) is 2.39. The molecule has 0 aromatic rings. The maximum absolute atomic E-state index is 12.9. The summed E-state index contributed by atoms with van der Waals surface area (Å²) in [6.07, 6.45) is -5.38. The molecule has 0 saturated carbocycles. The van der Waals surface area contributed by atoms with E-state index in [9.17, 15) is 18.0 Å². The predicted molar refractivity (Wildman–Crippen MR) is 60.4 cm³/mol. The summed E-state index contributed by atoms with van der Waals surface area (Å²) in [5.74, 6) is -1.41. The highest BCUT2D eigenvalue weighted by molar-refractivity contribution is 5.67. The van der Waals surface area contributed by atoms with Crippen molar-refractivity contribution in [3.8, 4) is 0 Å². The normalized spacial score (nSPS) is 25.1. The summed E-state index contributed by atoms with van der Waals surface area (Å²) in [4.78, 5) is 13.9. The van der Waals surface area contributed by atoms with Gasteiger partial charge in [0.2, 0.25) is 0 Å². The van der Waals surface area contributed by atoms with Crippen LogP contribution in [0.3, 0.4) is 0 Å². The van der Waals surface area contributed by atoms with E-state index in [1.165, 1.54) is 4.90 Å². The van der Waals surface area contributed by atoms with Crippen LogP contribution >= 0.6 is 0 Å². The topological polar surface area (TPSA) is 43.8 Å². The fraction of sp³-hybridized carbons (Fsp3) is 0.909.